The number of aliphatic hydroxyl groups excluding tert-OH is 1. The van der Waals surface area contributed by atoms with Gasteiger partial charge < -0.3 is 10.0 Å². The van der Waals surface area contributed by atoms with E-state index in [1.165, 1.54) is 11.1 Å². The third-order valence-electron chi connectivity index (χ3n) is 4.02. The number of hydrogen-bond acceptors (Lipinski definition) is 3. The fourth-order valence-electron chi connectivity index (χ4n) is 2.72. The molecule has 116 valence electrons. The van der Waals surface area contributed by atoms with Crippen molar-refractivity contribution >= 4 is 17.7 Å². The number of likely N-dealkylation sites (tertiary alicyclic amines) is 1. The van der Waals surface area contributed by atoms with Crippen molar-refractivity contribution in [2.45, 2.75) is 44.4 Å². The molecule has 1 aromatic rings. The van der Waals surface area contributed by atoms with Crippen molar-refractivity contribution in [3.63, 3.8) is 0 Å². The Bertz CT molecular complexity index is 447. The summed E-state index contributed by atoms with van der Waals surface area (Å²) in [5, 5.41) is 9.46. The lowest BCUT2D eigenvalue weighted by Crippen LogP contribution is -2.43. The molecule has 0 aliphatic carbocycles. The maximum Gasteiger partial charge on any atom is 0.232 e. The number of hydrogen-bond donors (Lipinski definition) is 1. The minimum atomic E-state index is 0.0278. The maximum atomic E-state index is 12.4. The molecule has 21 heavy (non-hydrogen) atoms. The zero-order chi connectivity index (χ0) is 15.1. The summed E-state index contributed by atoms with van der Waals surface area (Å²) >= 11 is 1.66. The first-order chi connectivity index (χ1) is 10.2. The highest BCUT2D eigenvalue weighted by molar-refractivity contribution is 7.99. The SMILES string of the molecule is Cc1ccc(CSCC(=O)N2CCCCCC2CO)cc1. The molecular weight excluding hydrogens is 282 g/mol. The lowest BCUT2D eigenvalue weighted by molar-refractivity contribution is -0.131. The molecule has 1 heterocycles. The fraction of sp³-hybridized carbons (Fsp3) is 0.588. The van der Waals surface area contributed by atoms with Gasteiger partial charge in [0, 0.05) is 12.3 Å². The molecule has 2 rings (SSSR count). The van der Waals surface area contributed by atoms with Gasteiger partial charge in [0.2, 0.25) is 5.91 Å². The largest absolute Gasteiger partial charge is 0.394 e. The molecule has 1 aliphatic heterocycles. The van der Waals surface area contributed by atoms with Crippen molar-refractivity contribution in [1.82, 2.24) is 4.90 Å². The van der Waals surface area contributed by atoms with Crippen LogP contribution in [-0.2, 0) is 10.5 Å². The van der Waals surface area contributed by atoms with Crippen LogP contribution < -0.4 is 0 Å². The van der Waals surface area contributed by atoms with E-state index < -0.39 is 0 Å². The number of amides is 1. The van der Waals surface area contributed by atoms with Crippen molar-refractivity contribution in [1.29, 1.82) is 0 Å². The van der Waals surface area contributed by atoms with Gasteiger partial charge in [0.05, 0.1) is 18.4 Å². The molecule has 0 saturated carbocycles. The van der Waals surface area contributed by atoms with Gasteiger partial charge in [-0.2, -0.15) is 0 Å². The van der Waals surface area contributed by atoms with Crippen LogP contribution >= 0.6 is 11.8 Å². The summed E-state index contributed by atoms with van der Waals surface area (Å²) in [4.78, 5) is 14.3. The van der Waals surface area contributed by atoms with Gasteiger partial charge in [0.25, 0.3) is 0 Å². The first-order valence-electron chi connectivity index (χ1n) is 7.74. The molecule has 4 heteroatoms. The highest BCUT2D eigenvalue weighted by Gasteiger charge is 2.24. The Kier molecular flexibility index (Phi) is 6.58. The van der Waals surface area contributed by atoms with E-state index in [-0.39, 0.29) is 18.6 Å². The van der Waals surface area contributed by atoms with E-state index in [1.54, 1.807) is 11.8 Å². The van der Waals surface area contributed by atoms with Crippen LogP contribution in [0.2, 0.25) is 0 Å². The molecule has 1 aliphatic rings. The van der Waals surface area contributed by atoms with Crippen molar-refractivity contribution in [2.75, 3.05) is 18.9 Å². The summed E-state index contributed by atoms with van der Waals surface area (Å²) in [5.74, 6) is 1.54. The van der Waals surface area contributed by atoms with E-state index in [0.29, 0.717) is 5.75 Å². The average Bonchev–Trinajstić information content (AvgIpc) is 2.74. The third kappa shape index (κ3) is 5.04. The molecule has 1 atom stereocenters. The van der Waals surface area contributed by atoms with Crippen LogP contribution in [0.5, 0.6) is 0 Å². The minimum absolute atomic E-state index is 0.0278. The fourth-order valence-corrected chi connectivity index (χ4v) is 3.59. The van der Waals surface area contributed by atoms with Crippen LogP contribution in [0.15, 0.2) is 24.3 Å². The Labute approximate surface area is 131 Å². The Morgan fingerprint density at radius 2 is 2.05 bits per heavy atom. The quantitative estimate of drug-likeness (QED) is 0.909. The van der Waals surface area contributed by atoms with Crippen LogP contribution in [0.3, 0.4) is 0 Å². The summed E-state index contributed by atoms with van der Waals surface area (Å²) in [5.41, 5.74) is 2.52. The monoisotopic (exact) mass is 307 g/mol. The Balaban J connectivity index is 1.81. The van der Waals surface area contributed by atoms with Crippen LogP contribution in [-0.4, -0.2) is 40.9 Å². The van der Waals surface area contributed by atoms with E-state index in [2.05, 4.69) is 31.2 Å². The topological polar surface area (TPSA) is 40.5 Å². The average molecular weight is 307 g/mol. The predicted molar refractivity (Wildman–Crippen MR) is 88.4 cm³/mol. The highest BCUT2D eigenvalue weighted by atomic mass is 32.2. The molecule has 1 fully saturated rings. The van der Waals surface area contributed by atoms with E-state index in [0.717, 1.165) is 38.0 Å². The van der Waals surface area contributed by atoms with E-state index in [4.69, 9.17) is 0 Å². The third-order valence-corrected chi connectivity index (χ3v) is 5.01. The number of aryl methyl sites for hydroxylation is 1. The first kappa shape index (κ1) is 16.4. The number of carbonyl (C=O) groups is 1. The molecule has 1 aromatic carbocycles. The Morgan fingerprint density at radius 3 is 2.76 bits per heavy atom. The van der Waals surface area contributed by atoms with Crippen LogP contribution in [0, 0.1) is 6.92 Å². The van der Waals surface area contributed by atoms with E-state index in [9.17, 15) is 9.90 Å². The number of rotatable bonds is 5. The van der Waals surface area contributed by atoms with Crippen molar-refractivity contribution in [3.05, 3.63) is 35.4 Å². The van der Waals surface area contributed by atoms with Crippen LogP contribution in [0.1, 0.15) is 36.8 Å². The summed E-state index contributed by atoms with van der Waals surface area (Å²) in [6.45, 7) is 2.97. The van der Waals surface area contributed by atoms with Crippen molar-refractivity contribution < 1.29 is 9.90 Å². The number of benzene rings is 1. The van der Waals surface area contributed by atoms with Gasteiger partial charge in [-0.3, -0.25) is 4.79 Å². The molecule has 0 spiro atoms. The van der Waals surface area contributed by atoms with Gasteiger partial charge in [0.1, 0.15) is 0 Å². The Morgan fingerprint density at radius 1 is 1.29 bits per heavy atom. The molecular formula is C17H25NO2S. The minimum Gasteiger partial charge on any atom is -0.394 e. The van der Waals surface area contributed by atoms with Crippen molar-refractivity contribution in [3.8, 4) is 0 Å². The first-order valence-corrected chi connectivity index (χ1v) is 8.90. The van der Waals surface area contributed by atoms with Crippen molar-refractivity contribution in [2.24, 2.45) is 0 Å². The smallest absolute Gasteiger partial charge is 0.232 e. The molecule has 1 N–H and O–H groups in total. The zero-order valence-electron chi connectivity index (χ0n) is 12.8. The molecule has 0 radical (unpaired) electrons. The van der Waals surface area contributed by atoms with Gasteiger partial charge in [-0.15, -0.1) is 11.8 Å². The maximum absolute atomic E-state index is 12.4. The summed E-state index contributed by atoms with van der Waals surface area (Å²) < 4.78 is 0. The highest BCUT2D eigenvalue weighted by Crippen LogP contribution is 2.19. The molecule has 1 unspecified atom stereocenters. The molecule has 0 aromatic heterocycles. The van der Waals surface area contributed by atoms with Gasteiger partial charge >= 0.3 is 0 Å². The van der Waals surface area contributed by atoms with Gasteiger partial charge in [-0.05, 0) is 25.3 Å². The van der Waals surface area contributed by atoms with Gasteiger partial charge in [-0.1, -0.05) is 42.7 Å². The zero-order valence-corrected chi connectivity index (χ0v) is 13.6. The lowest BCUT2D eigenvalue weighted by Gasteiger charge is -2.28. The second-order valence-electron chi connectivity index (χ2n) is 5.75. The predicted octanol–water partition coefficient (Wildman–Crippen LogP) is 2.99. The van der Waals surface area contributed by atoms with Crippen LogP contribution in [0.4, 0.5) is 0 Å². The summed E-state index contributed by atoms with van der Waals surface area (Å²) in [6, 6.07) is 8.48. The standard InChI is InChI=1S/C17H25NO2S/c1-14-6-8-15(9-7-14)12-21-13-17(20)18-10-4-2-3-5-16(18)11-19/h6-9,16,19H,2-5,10-13H2,1H3. The lowest BCUT2D eigenvalue weighted by atomic mass is 10.1. The van der Waals surface area contributed by atoms with E-state index >= 15 is 0 Å². The second-order valence-corrected chi connectivity index (χ2v) is 6.74. The number of carbonyl (C=O) groups excluding carboxylic acids is 1. The molecule has 0 bridgehead atoms. The Hall–Kier alpha value is -1.00. The molecule has 1 saturated heterocycles. The van der Waals surface area contributed by atoms with Gasteiger partial charge in [0.15, 0.2) is 0 Å². The second kappa shape index (κ2) is 8.44. The van der Waals surface area contributed by atoms with E-state index in [1.807, 2.05) is 4.90 Å². The van der Waals surface area contributed by atoms with Gasteiger partial charge in [-0.25, -0.2) is 0 Å². The van der Waals surface area contributed by atoms with Crippen LogP contribution in [0.25, 0.3) is 0 Å². The molecule has 1 amide bonds. The number of nitrogens with zero attached hydrogens (tertiary/aromatic N) is 1. The summed E-state index contributed by atoms with van der Waals surface area (Å²) in [6.07, 6.45) is 4.28. The summed E-state index contributed by atoms with van der Waals surface area (Å²) in [7, 11) is 0. The normalized spacial score (nSPS) is 19.3. The molecule has 3 nitrogen and oxygen atoms in total. The number of thioether (sulfide) groups is 1. The number of aliphatic hydroxyl groups is 1.